The van der Waals surface area contributed by atoms with Crippen molar-refractivity contribution in [1.82, 2.24) is 19.9 Å². The maximum Gasteiger partial charge on any atom is 0.303 e. The molecule has 298 valence electrons. The number of hydrogen-bond acceptors (Lipinski definition) is 8. The Kier molecular flexibility index (Phi) is 15.3. The summed E-state index contributed by atoms with van der Waals surface area (Å²) in [4.78, 5) is 42.3. The lowest BCUT2D eigenvalue weighted by Crippen LogP contribution is -2.11. The van der Waals surface area contributed by atoms with Crippen LogP contribution < -0.4 is 5.73 Å². The predicted octanol–water partition coefficient (Wildman–Crippen LogP) is 8.86. The molecular weight excluding hydrogens is 707 g/mol. The number of Topliss-reactive ketones (excluding diaryl/α,β-unsaturated/α-hetero) is 1. The van der Waals surface area contributed by atoms with Crippen LogP contribution in [0.1, 0.15) is 110 Å². The largest absolute Gasteiger partial charge is 0.481 e. The van der Waals surface area contributed by atoms with E-state index in [-0.39, 0.29) is 12.2 Å². The second kappa shape index (κ2) is 20.3. The van der Waals surface area contributed by atoms with E-state index in [1.54, 1.807) is 0 Å². The number of carboxylic acid groups (broad SMARTS) is 1. The van der Waals surface area contributed by atoms with Crippen LogP contribution in [-0.2, 0) is 23.8 Å². The highest BCUT2D eigenvalue weighted by molar-refractivity contribution is 5.97. The van der Waals surface area contributed by atoms with Crippen molar-refractivity contribution < 1.29 is 28.9 Å². The number of fused-ring (bicyclic) bond motifs is 8. The van der Waals surface area contributed by atoms with Gasteiger partial charge in [0, 0.05) is 65.7 Å². The first-order chi connectivity index (χ1) is 27.1. The van der Waals surface area contributed by atoms with E-state index in [1.807, 2.05) is 38.1 Å². The average Bonchev–Trinajstić information content (AvgIpc) is 3.84. The van der Waals surface area contributed by atoms with Crippen molar-refractivity contribution in [3.63, 3.8) is 0 Å². The lowest BCUT2D eigenvalue weighted by Gasteiger charge is -2.07. The number of hydrogen-bond donors (Lipinski definition) is 4. The number of nitrogens with two attached hydrogens (primary N) is 1. The van der Waals surface area contributed by atoms with Gasteiger partial charge in [-0.2, -0.15) is 0 Å². The summed E-state index contributed by atoms with van der Waals surface area (Å²) >= 11 is 0. The van der Waals surface area contributed by atoms with Gasteiger partial charge in [0.1, 0.15) is 5.78 Å². The van der Waals surface area contributed by atoms with Crippen molar-refractivity contribution in [2.45, 2.75) is 79.1 Å². The topological polar surface area (TPSA) is 165 Å². The molecule has 5 rings (SSSR count). The molecule has 5 heterocycles. The average molecular weight is 764 g/mol. The molecule has 5 N–H and O–H groups in total. The van der Waals surface area contributed by atoms with Gasteiger partial charge < -0.3 is 35.0 Å². The fourth-order valence-electron chi connectivity index (χ4n) is 7.18. The monoisotopic (exact) mass is 763 g/mol. The van der Waals surface area contributed by atoms with E-state index in [0.717, 1.165) is 103 Å². The van der Waals surface area contributed by atoms with Crippen molar-refractivity contribution in [2.75, 3.05) is 46.2 Å². The summed E-state index contributed by atoms with van der Waals surface area (Å²) in [5.74, 6) is -0.682. The van der Waals surface area contributed by atoms with Crippen LogP contribution in [0.4, 0.5) is 0 Å². The van der Waals surface area contributed by atoms with Crippen molar-refractivity contribution >= 4 is 68.3 Å². The van der Waals surface area contributed by atoms with Gasteiger partial charge in [0.25, 0.3) is 0 Å². The zero-order valence-corrected chi connectivity index (χ0v) is 33.4. The number of aromatic amines is 2. The number of carboxylic acids is 1. The Morgan fingerprint density at radius 1 is 0.643 bits per heavy atom. The Morgan fingerprint density at radius 2 is 1.12 bits per heavy atom. The lowest BCUT2D eigenvalue weighted by molar-refractivity contribution is -0.136. The standard InChI is InChI=1S/C45H57N5O6/c1-7-33-28(3)37-24-38-30(5)35(14-13-32(51)12-9-10-18-54-20-22-56-23-21-55-19-11-17-46)43(49-38)27-44-36(15-16-45(52)53)31(6)40(50-44)26-42-34(8-2)29(4)39(48-42)25-41(33)47-37/h7-8,24-27,47-48H,1-2,9-23,46H2,3-6H3,(H,52,53). The van der Waals surface area contributed by atoms with Crippen LogP contribution in [0.5, 0.6) is 0 Å². The van der Waals surface area contributed by atoms with Gasteiger partial charge in [0.15, 0.2) is 0 Å². The van der Waals surface area contributed by atoms with Crippen molar-refractivity contribution in [3.05, 3.63) is 82.5 Å². The molecule has 0 atom stereocenters. The fraction of sp³-hybridized carbons (Fsp3) is 0.422. The Labute approximate surface area is 329 Å². The molecule has 0 aliphatic carbocycles. The van der Waals surface area contributed by atoms with E-state index in [9.17, 15) is 14.7 Å². The first-order valence-electron chi connectivity index (χ1n) is 19.6. The molecule has 56 heavy (non-hydrogen) atoms. The molecule has 0 aromatic carbocycles. The predicted molar refractivity (Wildman–Crippen MR) is 227 cm³/mol. The van der Waals surface area contributed by atoms with Crippen LogP contribution in [0.15, 0.2) is 37.4 Å². The highest BCUT2D eigenvalue weighted by Gasteiger charge is 2.23. The quantitative estimate of drug-likeness (QED) is 0.0732. The third-order valence-electron chi connectivity index (χ3n) is 10.5. The Morgan fingerprint density at radius 3 is 1.66 bits per heavy atom. The Hall–Kier alpha value is -4.94. The number of nitrogens with zero attached hydrogens (tertiary/aromatic N) is 2. The number of aromatic nitrogens is 4. The van der Waals surface area contributed by atoms with Crippen molar-refractivity contribution in [3.8, 4) is 0 Å². The van der Waals surface area contributed by atoms with E-state index in [0.29, 0.717) is 77.6 Å². The van der Waals surface area contributed by atoms with E-state index < -0.39 is 5.97 Å². The number of aliphatic carboxylic acids is 1. The first-order valence-corrected chi connectivity index (χ1v) is 19.6. The van der Waals surface area contributed by atoms with Crippen molar-refractivity contribution in [2.24, 2.45) is 5.73 Å². The van der Waals surface area contributed by atoms with Gasteiger partial charge in [-0.3, -0.25) is 9.59 Å². The molecule has 11 nitrogen and oxygen atoms in total. The second-order valence-electron chi connectivity index (χ2n) is 14.3. The molecule has 0 unspecified atom stereocenters. The number of H-pyrrole nitrogens is 2. The van der Waals surface area contributed by atoms with Crippen LogP contribution in [0.3, 0.4) is 0 Å². The third kappa shape index (κ3) is 10.5. The minimum Gasteiger partial charge on any atom is -0.481 e. The smallest absolute Gasteiger partial charge is 0.303 e. The molecule has 0 fully saturated rings. The Balaban J connectivity index is 1.41. The molecule has 3 aromatic heterocycles. The van der Waals surface area contributed by atoms with E-state index >= 15 is 0 Å². The molecule has 2 aliphatic heterocycles. The van der Waals surface area contributed by atoms with Crippen LogP contribution in [0.2, 0.25) is 0 Å². The van der Waals surface area contributed by atoms with Crippen LogP contribution >= 0.6 is 0 Å². The van der Waals surface area contributed by atoms with Crippen LogP contribution in [0, 0.1) is 13.8 Å². The highest BCUT2D eigenvalue weighted by atomic mass is 16.5. The number of nitrogens with one attached hydrogen (secondary N) is 2. The number of aryl methyl sites for hydroxylation is 2. The molecule has 3 aromatic rings. The molecule has 11 heteroatoms. The molecule has 0 amide bonds. The molecule has 0 radical (unpaired) electrons. The Bertz CT molecular complexity index is 2170. The summed E-state index contributed by atoms with van der Waals surface area (Å²) in [6.07, 6.45) is 7.79. The molecule has 0 saturated heterocycles. The second-order valence-corrected chi connectivity index (χ2v) is 14.3. The van der Waals surface area contributed by atoms with E-state index in [4.69, 9.17) is 29.9 Å². The van der Waals surface area contributed by atoms with Gasteiger partial charge in [0.05, 0.1) is 49.2 Å². The molecular formula is C45H57N5O6. The number of carbonyl (C=O) groups is 2. The number of rotatable bonds is 22. The molecule has 8 bridgehead atoms. The van der Waals surface area contributed by atoms with Gasteiger partial charge in [-0.15, -0.1) is 0 Å². The number of ketones is 1. The molecule has 2 aliphatic rings. The number of allylic oxidation sites excluding steroid dienone is 4. The van der Waals surface area contributed by atoms with Gasteiger partial charge in [0.2, 0.25) is 0 Å². The number of carbonyl (C=O) groups excluding carboxylic acids is 1. The summed E-state index contributed by atoms with van der Waals surface area (Å²) in [6.45, 7) is 20.3. The zero-order valence-electron chi connectivity index (χ0n) is 33.4. The van der Waals surface area contributed by atoms with Gasteiger partial charge in [-0.05, 0) is 124 Å². The fourth-order valence-corrected chi connectivity index (χ4v) is 7.18. The summed E-state index contributed by atoms with van der Waals surface area (Å²) in [7, 11) is 0. The first kappa shape index (κ1) is 42.2. The van der Waals surface area contributed by atoms with Crippen LogP contribution in [-0.4, -0.2) is 83.0 Å². The van der Waals surface area contributed by atoms with E-state index in [2.05, 4.69) is 49.1 Å². The molecule has 0 spiro atoms. The summed E-state index contributed by atoms with van der Waals surface area (Å²) < 4.78 is 16.6. The van der Waals surface area contributed by atoms with Gasteiger partial charge in [-0.1, -0.05) is 25.3 Å². The number of ether oxygens (including phenoxy) is 3. The third-order valence-corrected chi connectivity index (χ3v) is 10.5. The minimum absolute atomic E-state index is 0.0244. The normalized spacial score (nSPS) is 12.8. The van der Waals surface area contributed by atoms with Gasteiger partial charge in [-0.25, -0.2) is 9.97 Å². The minimum atomic E-state index is -0.872. The number of unbranched alkanes of at least 4 members (excludes halogenated alkanes) is 1. The van der Waals surface area contributed by atoms with E-state index in [1.165, 1.54) is 0 Å². The highest BCUT2D eigenvalue weighted by Crippen LogP contribution is 2.38. The summed E-state index contributed by atoms with van der Waals surface area (Å²) in [5.41, 5.74) is 19.9. The van der Waals surface area contributed by atoms with Crippen LogP contribution in [0.25, 0.3) is 56.5 Å². The van der Waals surface area contributed by atoms with Gasteiger partial charge >= 0.3 is 5.97 Å². The summed E-state index contributed by atoms with van der Waals surface area (Å²) in [6, 6.07) is 8.12. The van der Waals surface area contributed by atoms with Crippen molar-refractivity contribution in [1.29, 1.82) is 0 Å². The molecule has 0 saturated carbocycles. The summed E-state index contributed by atoms with van der Waals surface area (Å²) in [5, 5.41) is 9.62. The maximum absolute atomic E-state index is 13.2. The maximum atomic E-state index is 13.2. The lowest BCUT2D eigenvalue weighted by atomic mass is 9.97. The SMILES string of the molecule is C=Cc1c(C)c2cc3[nH]c(cc4nc(cc5nc(cc1[nH]2)C(C)=C5CCC(=O)O)C(CCC(=O)CCCCOCCOCCOCCCN)=C4C)c(C)c3C=C. The zero-order chi connectivity index (χ0) is 40.2.